The molecule has 0 heterocycles. The number of hydrogen-bond acceptors (Lipinski definition) is 3. The van der Waals surface area contributed by atoms with Crippen LogP contribution in [0.3, 0.4) is 0 Å². The number of amides is 1. The van der Waals surface area contributed by atoms with Crippen LogP contribution in [-0.2, 0) is 11.3 Å². The molecule has 2 rings (SSSR count). The normalized spacial score (nSPS) is 14.4. The van der Waals surface area contributed by atoms with Gasteiger partial charge in [-0.25, -0.2) is 0 Å². The summed E-state index contributed by atoms with van der Waals surface area (Å²) < 4.78 is 0. The van der Waals surface area contributed by atoms with Crippen molar-refractivity contribution in [1.29, 1.82) is 0 Å². The Hall–Kier alpha value is -1.55. The lowest BCUT2D eigenvalue weighted by Gasteiger charge is -2.22. The number of aryl methyl sites for hydroxylation is 1. The molecule has 98 valence electrons. The number of anilines is 1. The first-order valence-electron chi connectivity index (χ1n) is 6.40. The van der Waals surface area contributed by atoms with Crippen LogP contribution in [0.25, 0.3) is 0 Å². The average Bonchev–Trinajstić information content (AvgIpc) is 3.12. The highest BCUT2D eigenvalue weighted by Gasteiger charge is 2.23. The summed E-state index contributed by atoms with van der Waals surface area (Å²) in [6.45, 7) is 2.92. The Morgan fingerprint density at radius 2 is 2.22 bits per heavy atom. The molecule has 0 saturated heterocycles. The molecule has 0 unspecified atom stereocenters. The summed E-state index contributed by atoms with van der Waals surface area (Å²) in [5.41, 5.74) is 9.03. The second kappa shape index (κ2) is 5.40. The molecule has 1 aliphatic rings. The maximum absolute atomic E-state index is 11.8. The standard InChI is InChI=1S/C14H21N3O/c1-10-3-4-11(8-15)13(7-10)17(2)9-14(18)16-12-5-6-12/h3-4,7,12H,5-6,8-9,15H2,1-2H3,(H,16,18). The summed E-state index contributed by atoms with van der Waals surface area (Å²) in [4.78, 5) is 13.7. The van der Waals surface area contributed by atoms with Crippen LogP contribution < -0.4 is 16.0 Å². The van der Waals surface area contributed by atoms with Crippen molar-refractivity contribution < 1.29 is 4.79 Å². The predicted molar refractivity (Wildman–Crippen MR) is 73.5 cm³/mol. The molecular formula is C14H21N3O. The molecule has 1 aromatic carbocycles. The summed E-state index contributed by atoms with van der Waals surface area (Å²) in [5, 5.41) is 2.99. The van der Waals surface area contributed by atoms with Gasteiger partial charge >= 0.3 is 0 Å². The van der Waals surface area contributed by atoms with Crippen molar-refractivity contribution in [3.05, 3.63) is 29.3 Å². The molecular weight excluding hydrogens is 226 g/mol. The van der Waals surface area contributed by atoms with Crippen LogP contribution in [0.5, 0.6) is 0 Å². The number of nitrogens with two attached hydrogens (primary N) is 1. The Balaban J connectivity index is 2.04. The van der Waals surface area contributed by atoms with E-state index >= 15 is 0 Å². The van der Waals surface area contributed by atoms with Gasteiger partial charge in [0.1, 0.15) is 0 Å². The Morgan fingerprint density at radius 1 is 1.50 bits per heavy atom. The Kier molecular flexibility index (Phi) is 3.87. The summed E-state index contributed by atoms with van der Waals surface area (Å²) >= 11 is 0. The highest BCUT2D eigenvalue weighted by atomic mass is 16.2. The first-order valence-corrected chi connectivity index (χ1v) is 6.40. The summed E-state index contributed by atoms with van der Waals surface area (Å²) in [7, 11) is 1.93. The lowest BCUT2D eigenvalue weighted by Crippen LogP contribution is -2.36. The third-order valence-electron chi connectivity index (χ3n) is 3.20. The van der Waals surface area contributed by atoms with E-state index in [9.17, 15) is 4.79 Å². The fourth-order valence-electron chi connectivity index (χ4n) is 2.00. The molecule has 1 aliphatic carbocycles. The van der Waals surface area contributed by atoms with Gasteiger partial charge in [0, 0.05) is 25.3 Å². The van der Waals surface area contributed by atoms with E-state index in [-0.39, 0.29) is 5.91 Å². The van der Waals surface area contributed by atoms with E-state index in [4.69, 9.17) is 5.73 Å². The quantitative estimate of drug-likeness (QED) is 0.821. The number of likely N-dealkylation sites (N-methyl/N-ethyl adjacent to an activating group) is 1. The van der Waals surface area contributed by atoms with Crippen molar-refractivity contribution in [1.82, 2.24) is 5.32 Å². The van der Waals surface area contributed by atoms with Gasteiger partial charge in [0.2, 0.25) is 5.91 Å². The van der Waals surface area contributed by atoms with Crippen molar-refractivity contribution >= 4 is 11.6 Å². The zero-order chi connectivity index (χ0) is 13.1. The Morgan fingerprint density at radius 3 is 2.83 bits per heavy atom. The highest BCUT2D eigenvalue weighted by molar-refractivity contribution is 5.82. The molecule has 0 aromatic heterocycles. The SMILES string of the molecule is Cc1ccc(CN)c(N(C)CC(=O)NC2CC2)c1. The lowest BCUT2D eigenvalue weighted by molar-refractivity contribution is -0.119. The van der Waals surface area contributed by atoms with Crippen LogP contribution in [0.15, 0.2) is 18.2 Å². The maximum Gasteiger partial charge on any atom is 0.239 e. The second-order valence-corrected chi connectivity index (χ2v) is 5.03. The van der Waals surface area contributed by atoms with E-state index in [0.29, 0.717) is 19.1 Å². The van der Waals surface area contributed by atoms with Crippen molar-refractivity contribution in [2.75, 3.05) is 18.5 Å². The van der Waals surface area contributed by atoms with Crippen LogP contribution in [-0.4, -0.2) is 25.5 Å². The van der Waals surface area contributed by atoms with Gasteiger partial charge in [0.15, 0.2) is 0 Å². The fourth-order valence-corrected chi connectivity index (χ4v) is 2.00. The van der Waals surface area contributed by atoms with Crippen molar-refractivity contribution in [3.8, 4) is 0 Å². The molecule has 1 saturated carbocycles. The molecule has 1 amide bonds. The third kappa shape index (κ3) is 3.23. The smallest absolute Gasteiger partial charge is 0.239 e. The van der Waals surface area contributed by atoms with Gasteiger partial charge in [-0.15, -0.1) is 0 Å². The van der Waals surface area contributed by atoms with Gasteiger partial charge in [0.05, 0.1) is 6.54 Å². The molecule has 1 aromatic rings. The minimum Gasteiger partial charge on any atom is -0.365 e. The zero-order valence-electron chi connectivity index (χ0n) is 11.1. The fraction of sp³-hybridized carbons (Fsp3) is 0.500. The van der Waals surface area contributed by atoms with Crippen LogP contribution in [0, 0.1) is 6.92 Å². The van der Waals surface area contributed by atoms with Crippen molar-refractivity contribution in [2.24, 2.45) is 5.73 Å². The number of nitrogens with zero attached hydrogens (tertiary/aromatic N) is 1. The molecule has 0 spiro atoms. The highest BCUT2D eigenvalue weighted by Crippen LogP contribution is 2.21. The molecule has 0 aliphatic heterocycles. The maximum atomic E-state index is 11.8. The largest absolute Gasteiger partial charge is 0.365 e. The van der Waals surface area contributed by atoms with Crippen LogP contribution in [0.2, 0.25) is 0 Å². The number of rotatable bonds is 5. The first kappa shape index (κ1) is 12.9. The molecule has 0 atom stereocenters. The molecule has 0 bridgehead atoms. The molecule has 4 nitrogen and oxygen atoms in total. The van der Waals surface area contributed by atoms with E-state index in [0.717, 1.165) is 24.1 Å². The number of nitrogens with one attached hydrogen (secondary N) is 1. The number of benzene rings is 1. The van der Waals surface area contributed by atoms with Crippen LogP contribution in [0.1, 0.15) is 24.0 Å². The Bertz CT molecular complexity index is 441. The van der Waals surface area contributed by atoms with E-state index in [1.165, 1.54) is 5.56 Å². The van der Waals surface area contributed by atoms with Crippen molar-refractivity contribution in [3.63, 3.8) is 0 Å². The monoisotopic (exact) mass is 247 g/mol. The topological polar surface area (TPSA) is 58.4 Å². The Labute approximate surface area is 108 Å². The summed E-state index contributed by atoms with van der Waals surface area (Å²) in [6.07, 6.45) is 2.24. The molecule has 18 heavy (non-hydrogen) atoms. The number of hydrogen-bond donors (Lipinski definition) is 2. The minimum absolute atomic E-state index is 0.0875. The van der Waals surface area contributed by atoms with E-state index < -0.39 is 0 Å². The summed E-state index contributed by atoms with van der Waals surface area (Å²) in [6, 6.07) is 6.56. The minimum atomic E-state index is 0.0875. The molecule has 3 N–H and O–H groups in total. The zero-order valence-corrected chi connectivity index (χ0v) is 11.1. The molecule has 0 radical (unpaired) electrons. The lowest BCUT2D eigenvalue weighted by atomic mass is 10.1. The summed E-state index contributed by atoms with van der Waals surface area (Å²) in [5.74, 6) is 0.0875. The number of carbonyl (C=O) groups is 1. The van der Waals surface area contributed by atoms with Crippen LogP contribution >= 0.6 is 0 Å². The van der Waals surface area contributed by atoms with Gasteiger partial charge in [0.25, 0.3) is 0 Å². The van der Waals surface area contributed by atoms with Gasteiger partial charge in [-0.05, 0) is 37.0 Å². The third-order valence-corrected chi connectivity index (χ3v) is 3.20. The van der Waals surface area contributed by atoms with Gasteiger partial charge in [-0.3, -0.25) is 4.79 Å². The predicted octanol–water partition coefficient (Wildman–Crippen LogP) is 1.17. The van der Waals surface area contributed by atoms with Crippen molar-refractivity contribution in [2.45, 2.75) is 32.4 Å². The first-order chi connectivity index (χ1) is 8.60. The van der Waals surface area contributed by atoms with Gasteiger partial charge in [-0.2, -0.15) is 0 Å². The van der Waals surface area contributed by atoms with Gasteiger partial charge < -0.3 is 16.0 Å². The average molecular weight is 247 g/mol. The van der Waals surface area contributed by atoms with Gasteiger partial charge in [-0.1, -0.05) is 12.1 Å². The van der Waals surface area contributed by atoms with E-state index in [2.05, 4.69) is 11.4 Å². The number of carbonyl (C=O) groups excluding carboxylic acids is 1. The molecule has 4 heteroatoms. The van der Waals surface area contributed by atoms with E-state index in [1.807, 2.05) is 31.0 Å². The molecule has 1 fully saturated rings. The second-order valence-electron chi connectivity index (χ2n) is 5.03. The van der Waals surface area contributed by atoms with E-state index in [1.54, 1.807) is 0 Å². The van der Waals surface area contributed by atoms with Crippen LogP contribution in [0.4, 0.5) is 5.69 Å².